The minimum atomic E-state index is 0.832. The van der Waals surface area contributed by atoms with E-state index in [1.54, 1.807) is 0 Å². The molecule has 0 rings (SSSR count). The standard InChI is InChI=1S/C20H38/c1-7-18(4)12-9-14-20(6)16-10-15-19(5)13-8-11-17(2)3/h7,9,12,17,19-20H,8,10-11,13-16H2,1-6H3. The molecule has 0 aromatic rings. The summed E-state index contributed by atoms with van der Waals surface area (Å²) in [4.78, 5) is 0. The molecule has 2 atom stereocenters. The van der Waals surface area contributed by atoms with Crippen LogP contribution in [0.4, 0.5) is 0 Å². The molecule has 0 N–H and O–H groups in total. The quantitative estimate of drug-likeness (QED) is 0.351. The van der Waals surface area contributed by atoms with Crippen LogP contribution < -0.4 is 0 Å². The van der Waals surface area contributed by atoms with E-state index in [9.17, 15) is 0 Å². The molecule has 0 fully saturated rings. The first-order chi connectivity index (χ1) is 9.45. The number of rotatable bonds is 11. The van der Waals surface area contributed by atoms with Gasteiger partial charge >= 0.3 is 0 Å². The molecule has 2 unspecified atom stereocenters. The number of hydrogen-bond acceptors (Lipinski definition) is 0. The molecule has 0 amide bonds. The van der Waals surface area contributed by atoms with Crippen LogP contribution in [0.15, 0.2) is 23.8 Å². The van der Waals surface area contributed by atoms with Gasteiger partial charge in [0.25, 0.3) is 0 Å². The molecule has 0 radical (unpaired) electrons. The van der Waals surface area contributed by atoms with Gasteiger partial charge in [-0.3, -0.25) is 0 Å². The summed E-state index contributed by atoms with van der Waals surface area (Å²) >= 11 is 0. The van der Waals surface area contributed by atoms with Gasteiger partial charge in [-0.15, -0.1) is 0 Å². The Morgan fingerprint density at radius 3 is 1.95 bits per heavy atom. The Bertz CT molecular complexity index is 270. The third kappa shape index (κ3) is 12.5. The van der Waals surface area contributed by atoms with Gasteiger partial charge in [-0.05, 0) is 38.0 Å². The maximum absolute atomic E-state index is 2.43. The molecule has 0 spiro atoms. The van der Waals surface area contributed by atoms with Gasteiger partial charge in [-0.25, -0.2) is 0 Å². The summed E-state index contributed by atoms with van der Waals surface area (Å²) in [7, 11) is 0. The Labute approximate surface area is 128 Å². The van der Waals surface area contributed by atoms with Crippen LogP contribution in [0.1, 0.15) is 86.5 Å². The molecule has 0 aliphatic heterocycles. The molecule has 0 bridgehead atoms. The van der Waals surface area contributed by atoms with Crippen molar-refractivity contribution in [2.24, 2.45) is 17.8 Å². The summed E-state index contributed by atoms with van der Waals surface area (Å²) < 4.78 is 0. The Morgan fingerprint density at radius 2 is 1.40 bits per heavy atom. The molecule has 0 saturated carbocycles. The smallest absolute Gasteiger partial charge is 0.0322 e. The first-order valence-electron chi connectivity index (χ1n) is 8.75. The number of hydrogen-bond donors (Lipinski definition) is 0. The normalized spacial score (nSPS) is 16.1. The van der Waals surface area contributed by atoms with E-state index in [4.69, 9.17) is 0 Å². The highest BCUT2D eigenvalue weighted by Crippen LogP contribution is 2.20. The van der Waals surface area contributed by atoms with E-state index in [1.165, 1.54) is 50.5 Å². The zero-order chi connectivity index (χ0) is 15.4. The Kier molecular flexibility index (Phi) is 11.9. The van der Waals surface area contributed by atoms with E-state index in [2.05, 4.69) is 59.8 Å². The van der Waals surface area contributed by atoms with E-state index in [1.807, 2.05) is 0 Å². The van der Waals surface area contributed by atoms with Crippen LogP contribution in [0, 0.1) is 17.8 Å². The van der Waals surface area contributed by atoms with Crippen molar-refractivity contribution in [3.05, 3.63) is 23.8 Å². The Hall–Kier alpha value is -0.520. The molecule has 0 aromatic heterocycles. The van der Waals surface area contributed by atoms with Crippen LogP contribution in [0.2, 0.25) is 0 Å². The maximum atomic E-state index is 2.43. The zero-order valence-electron chi connectivity index (χ0n) is 14.9. The highest BCUT2D eigenvalue weighted by molar-refractivity contribution is 5.14. The second-order valence-corrected chi connectivity index (χ2v) is 7.14. The lowest BCUT2D eigenvalue weighted by atomic mass is 9.92. The van der Waals surface area contributed by atoms with Gasteiger partial charge in [0.05, 0.1) is 0 Å². The highest BCUT2D eigenvalue weighted by atomic mass is 14.1. The minimum absolute atomic E-state index is 0.832. The molecule has 0 aromatic carbocycles. The number of allylic oxidation sites excluding steroid dienone is 4. The van der Waals surface area contributed by atoms with Crippen molar-refractivity contribution in [3.8, 4) is 0 Å². The van der Waals surface area contributed by atoms with Gasteiger partial charge in [-0.2, -0.15) is 0 Å². The van der Waals surface area contributed by atoms with Gasteiger partial charge < -0.3 is 0 Å². The Balaban J connectivity index is 3.60. The monoisotopic (exact) mass is 278 g/mol. The van der Waals surface area contributed by atoms with Crippen LogP contribution in [-0.4, -0.2) is 0 Å². The first-order valence-corrected chi connectivity index (χ1v) is 8.75. The first kappa shape index (κ1) is 19.5. The fourth-order valence-corrected chi connectivity index (χ4v) is 2.53. The molecule has 0 nitrogen and oxygen atoms in total. The summed E-state index contributed by atoms with van der Waals surface area (Å²) in [5.74, 6) is 2.62. The van der Waals surface area contributed by atoms with Gasteiger partial charge in [0.2, 0.25) is 0 Å². The zero-order valence-corrected chi connectivity index (χ0v) is 14.9. The Morgan fingerprint density at radius 1 is 0.850 bits per heavy atom. The van der Waals surface area contributed by atoms with Crippen LogP contribution in [-0.2, 0) is 0 Å². The van der Waals surface area contributed by atoms with Gasteiger partial charge in [0, 0.05) is 0 Å². The summed E-state index contributed by atoms with van der Waals surface area (Å²) in [6.07, 6.45) is 16.4. The molecule has 0 aliphatic rings. The summed E-state index contributed by atoms with van der Waals surface area (Å²) in [5, 5.41) is 0. The van der Waals surface area contributed by atoms with Crippen molar-refractivity contribution >= 4 is 0 Å². The summed E-state index contributed by atoms with van der Waals surface area (Å²) in [5.41, 5.74) is 1.37. The van der Waals surface area contributed by atoms with Crippen LogP contribution in [0.25, 0.3) is 0 Å². The van der Waals surface area contributed by atoms with Crippen molar-refractivity contribution in [1.82, 2.24) is 0 Å². The lowest BCUT2D eigenvalue weighted by Gasteiger charge is -2.14. The van der Waals surface area contributed by atoms with Crippen LogP contribution in [0.5, 0.6) is 0 Å². The minimum Gasteiger partial charge on any atom is -0.0847 e. The van der Waals surface area contributed by atoms with Crippen molar-refractivity contribution < 1.29 is 0 Å². The largest absolute Gasteiger partial charge is 0.0847 e. The lowest BCUT2D eigenvalue weighted by molar-refractivity contribution is 0.401. The second-order valence-electron chi connectivity index (χ2n) is 7.14. The molecule has 118 valence electrons. The second kappa shape index (κ2) is 12.2. The fraction of sp³-hybridized carbons (Fsp3) is 0.800. The van der Waals surface area contributed by atoms with Gasteiger partial charge in [0.1, 0.15) is 0 Å². The van der Waals surface area contributed by atoms with Crippen molar-refractivity contribution in [3.63, 3.8) is 0 Å². The average molecular weight is 279 g/mol. The fourth-order valence-electron chi connectivity index (χ4n) is 2.53. The van der Waals surface area contributed by atoms with Crippen molar-refractivity contribution in [1.29, 1.82) is 0 Å². The highest BCUT2D eigenvalue weighted by Gasteiger charge is 2.05. The SMILES string of the molecule is CC=C(C)C=CCC(C)CCCC(C)CCCC(C)C. The average Bonchev–Trinajstić information content (AvgIpc) is 2.38. The van der Waals surface area contributed by atoms with Crippen molar-refractivity contribution in [2.75, 3.05) is 0 Å². The molecule has 0 heterocycles. The molecule has 0 heteroatoms. The summed E-state index contributed by atoms with van der Waals surface area (Å²) in [6, 6.07) is 0. The van der Waals surface area contributed by atoms with E-state index < -0.39 is 0 Å². The summed E-state index contributed by atoms with van der Waals surface area (Å²) in [6.45, 7) is 13.7. The van der Waals surface area contributed by atoms with Gasteiger partial charge in [-0.1, -0.05) is 90.0 Å². The van der Waals surface area contributed by atoms with E-state index in [-0.39, 0.29) is 0 Å². The molecule has 0 aliphatic carbocycles. The van der Waals surface area contributed by atoms with E-state index in [0.717, 1.165) is 17.8 Å². The van der Waals surface area contributed by atoms with Crippen LogP contribution >= 0.6 is 0 Å². The predicted molar refractivity (Wildman–Crippen MR) is 94.1 cm³/mol. The molecule has 20 heavy (non-hydrogen) atoms. The van der Waals surface area contributed by atoms with Crippen LogP contribution in [0.3, 0.4) is 0 Å². The van der Waals surface area contributed by atoms with E-state index >= 15 is 0 Å². The third-order valence-corrected chi connectivity index (χ3v) is 4.25. The predicted octanol–water partition coefficient (Wildman–Crippen LogP) is 7.17. The topological polar surface area (TPSA) is 0 Å². The van der Waals surface area contributed by atoms with Gasteiger partial charge in [0.15, 0.2) is 0 Å². The lowest BCUT2D eigenvalue weighted by Crippen LogP contribution is -1.99. The molecular weight excluding hydrogens is 240 g/mol. The molecule has 0 saturated heterocycles. The molecular formula is C20H38. The van der Waals surface area contributed by atoms with E-state index in [0.29, 0.717) is 0 Å². The van der Waals surface area contributed by atoms with Crippen molar-refractivity contribution in [2.45, 2.75) is 86.5 Å². The third-order valence-electron chi connectivity index (χ3n) is 4.25. The maximum Gasteiger partial charge on any atom is -0.0322 e.